The number of hydrogen-bond acceptors (Lipinski definition) is 4. The molecule has 0 bridgehead atoms. The van der Waals surface area contributed by atoms with E-state index in [1.165, 1.54) is 31.2 Å². The molecule has 2 aromatic carbocycles. The molecule has 2 N–H and O–H groups in total. The van der Waals surface area contributed by atoms with Crippen molar-refractivity contribution in [3.05, 3.63) is 92.1 Å². The van der Waals surface area contributed by atoms with E-state index in [9.17, 15) is 22.8 Å². The summed E-state index contributed by atoms with van der Waals surface area (Å²) in [5.74, 6) is -2.46. The summed E-state index contributed by atoms with van der Waals surface area (Å²) in [6.45, 7) is 1.02. The van der Waals surface area contributed by atoms with Crippen LogP contribution in [-0.4, -0.2) is 10.7 Å². The van der Waals surface area contributed by atoms with Gasteiger partial charge in [0.15, 0.2) is 0 Å². The maximum atomic E-state index is 14.2. The Morgan fingerprint density at radius 2 is 1.74 bits per heavy atom. The van der Waals surface area contributed by atoms with Crippen molar-refractivity contribution >= 4 is 17.7 Å². The number of carbonyl (C=O) groups is 1. The van der Waals surface area contributed by atoms with Crippen LogP contribution in [0.15, 0.2) is 47.3 Å². The molecule has 0 atom stereocenters. The van der Waals surface area contributed by atoms with Gasteiger partial charge in [-0.3, -0.25) is 9.36 Å². The van der Waals surface area contributed by atoms with Crippen LogP contribution in [-0.2, 0) is 18.0 Å². The van der Waals surface area contributed by atoms with E-state index in [2.05, 4.69) is 0 Å². The molecule has 0 saturated carbocycles. The molecule has 0 aliphatic heterocycles. The van der Waals surface area contributed by atoms with Crippen LogP contribution in [0.1, 0.15) is 16.8 Å². The van der Waals surface area contributed by atoms with Gasteiger partial charge in [0, 0.05) is 11.8 Å². The first-order chi connectivity index (χ1) is 14.7. The highest BCUT2D eigenvalue weighted by Gasteiger charge is 2.19. The largest absolute Gasteiger partial charge is 0.487 e. The molecule has 0 aliphatic carbocycles. The molecule has 0 saturated heterocycles. The van der Waals surface area contributed by atoms with Crippen LogP contribution in [0.5, 0.6) is 5.75 Å². The summed E-state index contributed by atoms with van der Waals surface area (Å²) in [7, 11) is 0. The third-order valence-corrected chi connectivity index (χ3v) is 4.73. The zero-order valence-corrected chi connectivity index (χ0v) is 16.9. The number of carbonyl (C=O) groups excluding carboxylic acids is 1. The Labute approximate surface area is 179 Å². The molecule has 3 rings (SSSR count). The summed E-state index contributed by atoms with van der Waals surface area (Å²) >= 11 is 6.11. The molecular weight excluding hydrogens is 437 g/mol. The average molecular weight is 453 g/mol. The van der Waals surface area contributed by atoms with E-state index in [1.54, 1.807) is 0 Å². The van der Waals surface area contributed by atoms with Crippen LogP contribution >= 0.6 is 11.6 Å². The van der Waals surface area contributed by atoms with E-state index >= 15 is 0 Å². The van der Waals surface area contributed by atoms with Crippen LogP contribution in [0, 0.1) is 24.4 Å². The summed E-state index contributed by atoms with van der Waals surface area (Å²) in [4.78, 5) is 23.5. The van der Waals surface area contributed by atoms with Crippen molar-refractivity contribution in [2.45, 2.75) is 20.1 Å². The van der Waals surface area contributed by atoms with Crippen molar-refractivity contribution in [1.29, 1.82) is 0 Å². The number of nitrogens with zero attached hydrogens (tertiary/aromatic N) is 1. The van der Waals surface area contributed by atoms with Gasteiger partial charge in [-0.1, -0.05) is 23.7 Å². The van der Waals surface area contributed by atoms with Crippen molar-refractivity contribution in [1.82, 2.24) is 4.57 Å². The number of nitrogens with two attached hydrogens (primary N) is 1. The van der Waals surface area contributed by atoms with Gasteiger partial charge in [-0.05, 0) is 42.3 Å². The summed E-state index contributed by atoms with van der Waals surface area (Å²) in [5.41, 5.74) is 4.42. The quantitative estimate of drug-likeness (QED) is 0.601. The first kappa shape index (κ1) is 22.2. The summed E-state index contributed by atoms with van der Waals surface area (Å²) in [5, 5.41) is -0.398. The number of amides is 1. The number of halogens is 4. The fourth-order valence-corrected chi connectivity index (χ4v) is 3.13. The Bertz CT molecular complexity index is 1190. The Hall–Kier alpha value is -3.46. The first-order valence-corrected chi connectivity index (χ1v) is 9.25. The first-order valence-electron chi connectivity index (χ1n) is 8.88. The predicted octanol–water partition coefficient (Wildman–Crippen LogP) is 4.39. The third kappa shape index (κ3) is 4.83. The molecule has 1 amide bonds. The predicted molar refractivity (Wildman–Crippen MR) is 107 cm³/mol. The zero-order valence-electron chi connectivity index (χ0n) is 16.1. The maximum absolute atomic E-state index is 14.2. The minimum absolute atomic E-state index is 0.0386. The molecule has 0 spiro atoms. The van der Waals surface area contributed by atoms with E-state index in [4.69, 9.17) is 26.8 Å². The van der Waals surface area contributed by atoms with Crippen molar-refractivity contribution < 1.29 is 27.4 Å². The fraction of sp³-hybridized carbons (Fsp3) is 0.143. The van der Waals surface area contributed by atoms with Gasteiger partial charge in [-0.15, -0.1) is 0 Å². The van der Waals surface area contributed by atoms with Gasteiger partial charge in [-0.25, -0.2) is 18.0 Å². The molecule has 0 unspecified atom stereocenters. The van der Waals surface area contributed by atoms with Gasteiger partial charge in [0.25, 0.3) is 5.56 Å². The lowest BCUT2D eigenvalue weighted by atomic mass is 10.1. The Morgan fingerprint density at radius 1 is 1.06 bits per heavy atom. The normalized spacial score (nSPS) is 10.7. The second kappa shape index (κ2) is 9.13. The molecule has 1 heterocycles. The number of para-hydroxylation sites is 1. The minimum atomic E-state index is -1.03. The van der Waals surface area contributed by atoms with Crippen LogP contribution in [0.3, 0.4) is 0 Å². The number of aryl methyl sites for hydroxylation is 1. The lowest BCUT2D eigenvalue weighted by molar-refractivity contribution is 0.149. The highest BCUT2D eigenvalue weighted by atomic mass is 35.5. The number of hydrogen-bond donors (Lipinski definition) is 1. The monoisotopic (exact) mass is 452 g/mol. The molecule has 162 valence electrons. The lowest BCUT2D eigenvalue weighted by Gasteiger charge is -2.16. The van der Waals surface area contributed by atoms with Crippen molar-refractivity contribution in [2.24, 2.45) is 5.73 Å². The standard InChI is InChI=1S/C21H16ClF3N2O4/c1-11-7-17(18(22)20(28)27(11)19-15(24)3-2-4-16(19)25)30-9-12-5-6-14(23)8-13(12)10-31-21(26)29/h2-8H,9-10H2,1H3,(H2,26,29). The summed E-state index contributed by atoms with van der Waals surface area (Å²) < 4.78 is 52.9. The molecule has 0 aliphatic rings. The molecule has 3 aromatic rings. The number of rotatable bonds is 6. The average Bonchev–Trinajstić information content (AvgIpc) is 2.71. The lowest BCUT2D eigenvalue weighted by Crippen LogP contribution is -2.23. The van der Waals surface area contributed by atoms with Gasteiger partial charge < -0.3 is 15.2 Å². The molecule has 1 aromatic heterocycles. The van der Waals surface area contributed by atoms with E-state index in [0.717, 1.165) is 22.8 Å². The van der Waals surface area contributed by atoms with Crippen LogP contribution in [0.2, 0.25) is 5.02 Å². The summed E-state index contributed by atoms with van der Waals surface area (Å²) in [6, 6.07) is 8.30. The molecule has 10 heteroatoms. The molecular formula is C21H16ClF3N2O4. The Balaban J connectivity index is 1.93. The van der Waals surface area contributed by atoms with Gasteiger partial charge >= 0.3 is 6.09 Å². The van der Waals surface area contributed by atoms with Gasteiger partial charge in [0.2, 0.25) is 0 Å². The van der Waals surface area contributed by atoms with Crippen molar-refractivity contribution in [3.63, 3.8) is 0 Å². The number of aromatic nitrogens is 1. The Morgan fingerprint density at radius 3 is 2.39 bits per heavy atom. The number of ether oxygens (including phenoxy) is 2. The van der Waals surface area contributed by atoms with E-state index in [0.29, 0.717) is 11.1 Å². The number of benzene rings is 2. The SMILES string of the molecule is Cc1cc(OCc2ccc(F)cc2COC(N)=O)c(Cl)c(=O)n1-c1c(F)cccc1F. The van der Waals surface area contributed by atoms with E-state index < -0.39 is 39.8 Å². The zero-order chi connectivity index (χ0) is 22.7. The number of pyridine rings is 1. The van der Waals surface area contributed by atoms with Crippen LogP contribution in [0.25, 0.3) is 5.69 Å². The van der Waals surface area contributed by atoms with Crippen molar-refractivity contribution in [2.75, 3.05) is 0 Å². The van der Waals surface area contributed by atoms with Crippen LogP contribution < -0.4 is 16.0 Å². The van der Waals surface area contributed by atoms with Gasteiger partial charge in [-0.2, -0.15) is 0 Å². The topological polar surface area (TPSA) is 83.6 Å². The van der Waals surface area contributed by atoms with E-state index in [-0.39, 0.29) is 24.7 Å². The maximum Gasteiger partial charge on any atom is 0.404 e. The molecule has 0 fully saturated rings. The van der Waals surface area contributed by atoms with Crippen molar-refractivity contribution in [3.8, 4) is 11.4 Å². The third-order valence-electron chi connectivity index (χ3n) is 4.38. The number of primary amides is 1. The van der Waals surface area contributed by atoms with Crippen LogP contribution in [0.4, 0.5) is 18.0 Å². The highest BCUT2D eigenvalue weighted by molar-refractivity contribution is 6.31. The van der Waals surface area contributed by atoms with Gasteiger partial charge in [0.1, 0.15) is 47.1 Å². The fourth-order valence-electron chi connectivity index (χ4n) is 2.94. The Kier molecular flexibility index (Phi) is 6.55. The molecule has 6 nitrogen and oxygen atoms in total. The second-order valence-corrected chi connectivity index (χ2v) is 6.86. The molecule has 31 heavy (non-hydrogen) atoms. The highest BCUT2D eigenvalue weighted by Crippen LogP contribution is 2.27. The summed E-state index contributed by atoms with van der Waals surface area (Å²) in [6.07, 6.45) is -1.03. The minimum Gasteiger partial charge on any atom is -0.487 e. The smallest absolute Gasteiger partial charge is 0.404 e. The second-order valence-electron chi connectivity index (χ2n) is 6.48. The van der Waals surface area contributed by atoms with E-state index in [1.807, 2.05) is 0 Å². The molecule has 0 radical (unpaired) electrons. The van der Waals surface area contributed by atoms with Gasteiger partial charge in [0.05, 0.1) is 0 Å².